The van der Waals surface area contributed by atoms with E-state index in [4.69, 9.17) is 28.4 Å². The average molecular weight is 1220 g/mol. The van der Waals surface area contributed by atoms with Crippen molar-refractivity contribution < 1.29 is 89.4 Å². The van der Waals surface area contributed by atoms with Crippen LogP contribution in [-0.4, -0.2) is 193 Å². The van der Waals surface area contributed by atoms with Crippen molar-refractivity contribution in [2.24, 2.45) is 0 Å². The molecular formula is C67H117NO18. The standard InChI is InChI=1S/C67H117NO18/c1-3-5-7-9-11-13-15-17-19-21-23-24-25-26-27-29-31-33-35-37-39-41-43-45-55(73)68-50(51(72)44-42-40-38-36-34-32-30-28-22-20-18-16-14-12-10-8-6-4-2)49-81-65-61(79)58(76)63(53(47-70)83-65)86-67-62(80)59(77)64(54(48-71)84-67)85-66-60(78)57(75)56(74)52(46-69)82-66/h5,7,11,13,17,19,23-24,26-27,31,33,50-54,56-67,69-72,74-80H,3-4,6,8-10,12,14-16,18,20-22,25,28-30,32,34-49H2,1-2H3,(H,68,73)/b7-5-,13-11-,19-17-,24-23-,27-26-,33-31-. The first-order valence-corrected chi connectivity index (χ1v) is 33.2. The lowest BCUT2D eigenvalue weighted by Crippen LogP contribution is -2.66. The van der Waals surface area contributed by atoms with Crippen LogP contribution in [0.25, 0.3) is 0 Å². The zero-order valence-corrected chi connectivity index (χ0v) is 52.3. The SMILES string of the molecule is CC/C=C\C/C=C\C/C=C\C/C=C\C/C=C\C/C=C\CCCCCCC(=O)NC(COC1OC(CO)C(OC2OC(CO)C(OC3OC(CO)C(O)C(O)C3O)C(O)C2O)C(O)C1O)C(O)CCCCCCCCCCCCCCCCCCCC. The molecule has 0 aromatic heterocycles. The van der Waals surface area contributed by atoms with Crippen molar-refractivity contribution in [3.8, 4) is 0 Å². The number of carbonyl (C=O) groups excluding carboxylic acids is 1. The summed E-state index contributed by atoms with van der Waals surface area (Å²) in [5, 5.41) is 121. The number of carbonyl (C=O) groups is 1. The van der Waals surface area contributed by atoms with Gasteiger partial charge in [-0.2, -0.15) is 0 Å². The Morgan fingerprint density at radius 3 is 1.26 bits per heavy atom. The van der Waals surface area contributed by atoms with Crippen LogP contribution in [0.3, 0.4) is 0 Å². The molecule has 0 bridgehead atoms. The number of aliphatic hydroxyl groups is 11. The average Bonchev–Trinajstić information content (AvgIpc) is 1.83. The molecule has 0 aliphatic carbocycles. The van der Waals surface area contributed by atoms with Crippen LogP contribution in [-0.2, 0) is 33.2 Å². The van der Waals surface area contributed by atoms with E-state index in [0.29, 0.717) is 12.8 Å². The largest absolute Gasteiger partial charge is 0.394 e. The molecule has 3 saturated heterocycles. The van der Waals surface area contributed by atoms with Gasteiger partial charge in [0.1, 0.15) is 73.2 Å². The maximum absolute atomic E-state index is 13.4. The van der Waals surface area contributed by atoms with E-state index in [1.54, 1.807) is 0 Å². The molecule has 3 fully saturated rings. The van der Waals surface area contributed by atoms with Crippen LogP contribution in [0.15, 0.2) is 72.9 Å². The third-order valence-electron chi connectivity index (χ3n) is 16.3. The van der Waals surface area contributed by atoms with Crippen LogP contribution >= 0.6 is 0 Å². The van der Waals surface area contributed by atoms with Gasteiger partial charge in [0, 0.05) is 6.42 Å². The molecule has 17 atom stereocenters. The van der Waals surface area contributed by atoms with E-state index in [0.717, 1.165) is 89.9 Å². The number of rotatable bonds is 49. The van der Waals surface area contributed by atoms with Crippen LogP contribution in [0.1, 0.15) is 213 Å². The third-order valence-corrected chi connectivity index (χ3v) is 16.3. The number of amides is 1. The van der Waals surface area contributed by atoms with E-state index < -0.39 is 124 Å². The van der Waals surface area contributed by atoms with Crippen LogP contribution in [0.5, 0.6) is 0 Å². The van der Waals surface area contributed by atoms with Crippen molar-refractivity contribution in [1.29, 1.82) is 0 Å². The zero-order chi connectivity index (χ0) is 62.6. The fourth-order valence-corrected chi connectivity index (χ4v) is 10.9. The first-order valence-electron chi connectivity index (χ1n) is 33.2. The summed E-state index contributed by atoms with van der Waals surface area (Å²) in [6, 6.07) is -0.906. The molecule has 3 aliphatic heterocycles. The number of nitrogens with one attached hydrogen (secondary N) is 1. The molecule has 0 aromatic rings. The van der Waals surface area contributed by atoms with Crippen molar-refractivity contribution in [3.63, 3.8) is 0 Å². The molecule has 12 N–H and O–H groups in total. The minimum atomic E-state index is -1.98. The predicted octanol–water partition coefficient (Wildman–Crippen LogP) is 7.77. The minimum Gasteiger partial charge on any atom is -0.394 e. The van der Waals surface area contributed by atoms with Gasteiger partial charge in [-0.15, -0.1) is 0 Å². The Morgan fingerprint density at radius 1 is 0.430 bits per heavy atom. The highest BCUT2D eigenvalue weighted by Crippen LogP contribution is 2.33. The molecule has 3 aliphatic rings. The molecule has 0 aromatic carbocycles. The summed E-state index contributed by atoms with van der Waals surface area (Å²) >= 11 is 0. The van der Waals surface area contributed by atoms with Gasteiger partial charge in [-0.1, -0.05) is 215 Å². The zero-order valence-electron chi connectivity index (χ0n) is 52.3. The van der Waals surface area contributed by atoms with E-state index in [1.807, 2.05) is 0 Å². The Kier molecular flexibility index (Phi) is 44.1. The highest BCUT2D eigenvalue weighted by atomic mass is 16.8. The van der Waals surface area contributed by atoms with E-state index in [9.17, 15) is 61.0 Å². The Balaban J connectivity index is 1.47. The molecule has 86 heavy (non-hydrogen) atoms. The second kappa shape index (κ2) is 49.0. The van der Waals surface area contributed by atoms with Crippen LogP contribution in [0.4, 0.5) is 0 Å². The highest BCUT2D eigenvalue weighted by Gasteiger charge is 2.53. The maximum atomic E-state index is 13.4. The first-order chi connectivity index (χ1) is 41.8. The Bertz CT molecular complexity index is 1850. The minimum absolute atomic E-state index is 0.233. The highest BCUT2D eigenvalue weighted by molar-refractivity contribution is 5.76. The molecular weight excluding hydrogens is 1110 g/mol. The van der Waals surface area contributed by atoms with E-state index in [-0.39, 0.29) is 18.9 Å². The predicted molar refractivity (Wildman–Crippen MR) is 332 cm³/mol. The van der Waals surface area contributed by atoms with Crippen LogP contribution in [0, 0.1) is 0 Å². The first kappa shape index (κ1) is 77.5. The summed E-state index contributed by atoms with van der Waals surface area (Å²) in [5.41, 5.74) is 0. The van der Waals surface area contributed by atoms with Crippen molar-refractivity contribution >= 4 is 5.91 Å². The van der Waals surface area contributed by atoms with Crippen molar-refractivity contribution in [3.05, 3.63) is 72.9 Å². The van der Waals surface area contributed by atoms with Gasteiger partial charge < -0.3 is 89.9 Å². The molecule has 0 spiro atoms. The fraction of sp³-hybridized carbons (Fsp3) is 0.806. The van der Waals surface area contributed by atoms with Gasteiger partial charge >= 0.3 is 0 Å². The van der Waals surface area contributed by atoms with Crippen molar-refractivity contribution in [1.82, 2.24) is 5.32 Å². The smallest absolute Gasteiger partial charge is 0.220 e. The number of allylic oxidation sites excluding steroid dienone is 12. The normalized spacial score (nSPS) is 29.2. The molecule has 1 amide bonds. The van der Waals surface area contributed by atoms with Gasteiger partial charge in [-0.3, -0.25) is 4.79 Å². The summed E-state index contributed by atoms with van der Waals surface area (Å²) < 4.78 is 34.4. The molecule has 0 radical (unpaired) electrons. The van der Waals surface area contributed by atoms with E-state index in [1.165, 1.54) is 89.9 Å². The Labute approximate surface area is 515 Å². The summed E-state index contributed by atoms with van der Waals surface area (Å²) in [4.78, 5) is 13.4. The lowest BCUT2D eigenvalue weighted by Gasteiger charge is -2.48. The Hall–Kier alpha value is -2.77. The maximum Gasteiger partial charge on any atom is 0.220 e. The molecule has 3 rings (SSSR count). The van der Waals surface area contributed by atoms with Crippen molar-refractivity contribution in [2.45, 2.75) is 317 Å². The van der Waals surface area contributed by atoms with Gasteiger partial charge in [0.2, 0.25) is 5.91 Å². The third kappa shape index (κ3) is 31.3. The van der Waals surface area contributed by atoms with Crippen molar-refractivity contribution in [2.75, 3.05) is 26.4 Å². The van der Waals surface area contributed by atoms with Gasteiger partial charge in [0.15, 0.2) is 18.9 Å². The number of aliphatic hydroxyl groups excluding tert-OH is 11. The molecule has 0 saturated carbocycles. The van der Waals surface area contributed by atoms with E-state index >= 15 is 0 Å². The molecule has 19 nitrogen and oxygen atoms in total. The summed E-state index contributed by atoms with van der Waals surface area (Å²) in [7, 11) is 0. The van der Waals surface area contributed by atoms with Crippen LogP contribution < -0.4 is 5.32 Å². The number of ether oxygens (including phenoxy) is 6. The van der Waals surface area contributed by atoms with Gasteiger partial charge in [0.25, 0.3) is 0 Å². The number of hydrogen-bond donors (Lipinski definition) is 12. The van der Waals surface area contributed by atoms with Gasteiger partial charge in [-0.05, 0) is 64.2 Å². The molecule has 498 valence electrons. The second-order valence-corrected chi connectivity index (χ2v) is 23.6. The number of hydrogen-bond acceptors (Lipinski definition) is 18. The molecule has 3 heterocycles. The summed E-state index contributed by atoms with van der Waals surface area (Å²) in [6.45, 7) is 1.66. The molecule has 19 heteroatoms. The van der Waals surface area contributed by atoms with Gasteiger partial charge in [0.05, 0.1) is 38.6 Å². The lowest BCUT2D eigenvalue weighted by molar-refractivity contribution is -0.379. The lowest BCUT2D eigenvalue weighted by atomic mass is 9.96. The van der Waals surface area contributed by atoms with Gasteiger partial charge in [-0.25, -0.2) is 0 Å². The van der Waals surface area contributed by atoms with Crippen LogP contribution in [0.2, 0.25) is 0 Å². The summed E-state index contributed by atoms with van der Waals surface area (Å²) in [6.07, 6.45) is 32.5. The molecule has 17 unspecified atom stereocenters. The summed E-state index contributed by atoms with van der Waals surface area (Å²) in [5.74, 6) is -0.269. The quantitative estimate of drug-likeness (QED) is 0.0204. The second-order valence-electron chi connectivity index (χ2n) is 23.6. The van der Waals surface area contributed by atoms with E-state index in [2.05, 4.69) is 92.1 Å². The monoisotopic (exact) mass is 1220 g/mol. The Morgan fingerprint density at radius 2 is 0.802 bits per heavy atom. The fourth-order valence-electron chi connectivity index (χ4n) is 10.9. The number of unbranched alkanes of at least 4 members (excludes halogenated alkanes) is 21. The topological polar surface area (TPSA) is 307 Å².